The van der Waals surface area contributed by atoms with Crippen LogP contribution in [0.25, 0.3) is 0 Å². The fraction of sp³-hybridized carbons (Fsp3) is 0.278. The van der Waals surface area contributed by atoms with Gasteiger partial charge in [0.15, 0.2) is 0 Å². The molecule has 0 unspecified atom stereocenters. The van der Waals surface area contributed by atoms with Crippen LogP contribution in [0.15, 0.2) is 42.5 Å². The van der Waals surface area contributed by atoms with Gasteiger partial charge in [0, 0.05) is 13.1 Å². The minimum Gasteiger partial charge on any atom is -0.456 e. The van der Waals surface area contributed by atoms with Crippen LogP contribution < -0.4 is 4.74 Å². The lowest BCUT2D eigenvalue weighted by Crippen LogP contribution is -2.35. The van der Waals surface area contributed by atoms with E-state index in [2.05, 4.69) is 4.90 Å². The number of nitro groups is 2. The van der Waals surface area contributed by atoms with E-state index in [4.69, 9.17) is 17.0 Å². The van der Waals surface area contributed by atoms with Crippen molar-refractivity contribution in [2.75, 3.05) is 13.1 Å². The number of benzene rings is 2. The molecule has 2 aromatic rings. The summed E-state index contributed by atoms with van der Waals surface area (Å²) in [7, 11) is 0. The molecule has 1 fully saturated rings. The van der Waals surface area contributed by atoms with Crippen LogP contribution in [0.3, 0.4) is 0 Å². The van der Waals surface area contributed by atoms with Gasteiger partial charge < -0.3 is 9.64 Å². The predicted molar refractivity (Wildman–Crippen MR) is 103 cm³/mol. The third kappa shape index (κ3) is 4.37. The van der Waals surface area contributed by atoms with E-state index in [1.807, 2.05) is 12.1 Å². The summed E-state index contributed by atoms with van der Waals surface area (Å²) in [6, 6.07) is 10.3. The average molecular weight is 387 g/mol. The van der Waals surface area contributed by atoms with Crippen molar-refractivity contribution in [3.63, 3.8) is 0 Å². The lowest BCUT2D eigenvalue weighted by Gasteiger charge is -2.29. The summed E-state index contributed by atoms with van der Waals surface area (Å²) in [6.45, 7) is 1.74. The second-order valence-corrected chi connectivity index (χ2v) is 6.54. The Morgan fingerprint density at radius 2 is 1.56 bits per heavy atom. The molecule has 0 aromatic heterocycles. The minimum atomic E-state index is -0.690. The molecule has 0 amide bonds. The minimum absolute atomic E-state index is 0.0183. The molecule has 3 rings (SSSR count). The zero-order valence-corrected chi connectivity index (χ0v) is 15.2. The highest BCUT2D eigenvalue weighted by Gasteiger charge is 2.21. The molecule has 0 spiro atoms. The van der Waals surface area contributed by atoms with Crippen molar-refractivity contribution in [3.8, 4) is 11.5 Å². The van der Waals surface area contributed by atoms with Crippen LogP contribution in [0.5, 0.6) is 11.5 Å². The van der Waals surface area contributed by atoms with E-state index in [0.717, 1.165) is 44.1 Å². The van der Waals surface area contributed by atoms with Gasteiger partial charge in [-0.25, -0.2) is 0 Å². The Bertz CT molecular complexity index is 864. The lowest BCUT2D eigenvalue weighted by atomic mass is 10.1. The van der Waals surface area contributed by atoms with E-state index in [1.54, 1.807) is 12.1 Å². The van der Waals surface area contributed by atoms with Crippen molar-refractivity contribution in [1.82, 2.24) is 4.90 Å². The molecule has 0 atom stereocenters. The summed E-state index contributed by atoms with van der Waals surface area (Å²) < 4.78 is 5.78. The van der Waals surface area contributed by atoms with Crippen molar-refractivity contribution in [2.24, 2.45) is 0 Å². The standard InChI is InChI=1S/C18H17N3O5S/c22-20(23)13-10-14(21(24)25)12-15(11-13)26-17-7-3-2-6-16(17)18(27)19-8-4-1-5-9-19/h2-3,6-7,10-12H,1,4-5,8-9H2. The summed E-state index contributed by atoms with van der Waals surface area (Å²) >= 11 is 5.61. The number of thiocarbonyl (C=S) groups is 1. The first kappa shape index (κ1) is 18.7. The van der Waals surface area contributed by atoms with Gasteiger partial charge in [0.25, 0.3) is 11.4 Å². The molecule has 0 aliphatic carbocycles. The molecule has 8 nitrogen and oxygen atoms in total. The summed E-state index contributed by atoms with van der Waals surface area (Å²) in [5.74, 6) is 0.424. The van der Waals surface area contributed by atoms with Crippen LogP contribution in [-0.2, 0) is 0 Å². The highest BCUT2D eigenvalue weighted by Crippen LogP contribution is 2.33. The van der Waals surface area contributed by atoms with E-state index in [0.29, 0.717) is 16.3 Å². The molecule has 2 aromatic carbocycles. The van der Waals surface area contributed by atoms with Crippen LogP contribution in [0.2, 0.25) is 0 Å². The monoisotopic (exact) mass is 387 g/mol. The molecule has 1 heterocycles. The van der Waals surface area contributed by atoms with Gasteiger partial charge in [-0.1, -0.05) is 24.4 Å². The number of hydrogen-bond acceptors (Lipinski definition) is 6. The Morgan fingerprint density at radius 1 is 0.963 bits per heavy atom. The van der Waals surface area contributed by atoms with E-state index in [-0.39, 0.29) is 5.75 Å². The molecular weight excluding hydrogens is 370 g/mol. The molecule has 0 saturated carbocycles. The maximum absolute atomic E-state index is 11.1. The van der Waals surface area contributed by atoms with Crippen LogP contribution in [0.4, 0.5) is 11.4 Å². The van der Waals surface area contributed by atoms with Crippen molar-refractivity contribution in [3.05, 3.63) is 68.3 Å². The Hall–Kier alpha value is -3.07. The molecule has 0 radical (unpaired) electrons. The fourth-order valence-electron chi connectivity index (χ4n) is 2.96. The van der Waals surface area contributed by atoms with Gasteiger partial charge in [-0.3, -0.25) is 20.2 Å². The second kappa shape index (κ2) is 8.09. The summed E-state index contributed by atoms with van der Waals surface area (Å²) in [4.78, 5) is 23.5. The first-order valence-corrected chi connectivity index (χ1v) is 8.86. The van der Waals surface area contributed by atoms with Crippen molar-refractivity contribution in [2.45, 2.75) is 19.3 Å². The summed E-state index contributed by atoms with van der Waals surface area (Å²) in [6.07, 6.45) is 3.31. The molecule has 27 heavy (non-hydrogen) atoms. The number of ether oxygens (including phenoxy) is 1. The number of likely N-dealkylation sites (tertiary alicyclic amines) is 1. The first-order valence-electron chi connectivity index (χ1n) is 8.46. The molecule has 1 aliphatic heterocycles. The number of piperidine rings is 1. The van der Waals surface area contributed by atoms with Gasteiger partial charge in [0.2, 0.25) is 0 Å². The van der Waals surface area contributed by atoms with Crippen LogP contribution in [0.1, 0.15) is 24.8 Å². The number of nitro benzene ring substituents is 2. The molecule has 0 N–H and O–H groups in total. The number of hydrogen-bond donors (Lipinski definition) is 0. The topological polar surface area (TPSA) is 98.8 Å². The normalized spacial score (nSPS) is 13.9. The largest absolute Gasteiger partial charge is 0.456 e. The van der Waals surface area contributed by atoms with Gasteiger partial charge in [0.05, 0.1) is 33.6 Å². The van der Waals surface area contributed by atoms with E-state index in [1.165, 1.54) is 6.42 Å². The van der Waals surface area contributed by atoms with Gasteiger partial charge >= 0.3 is 0 Å². The Morgan fingerprint density at radius 3 is 2.15 bits per heavy atom. The van der Waals surface area contributed by atoms with Gasteiger partial charge in [0.1, 0.15) is 16.5 Å². The zero-order chi connectivity index (χ0) is 19.4. The van der Waals surface area contributed by atoms with E-state index < -0.39 is 21.2 Å². The van der Waals surface area contributed by atoms with E-state index in [9.17, 15) is 20.2 Å². The highest BCUT2D eigenvalue weighted by molar-refractivity contribution is 7.80. The third-order valence-corrected chi connectivity index (χ3v) is 4.76. The number of para-hydroxylation sites is 1. The Labute approximate surface area is 160 Å². The maximum Gasteiger partial charge on any atom is 0.280 e. The molecular formula is C18H17N3O5S. The molecule has 1 aliphatic rings. The third-order valence-electron chi connectivity index (χ3n) is 4.29. The zero-order valence-electron chi connectivity index (χ0n) is 14.4. The maximum atomic E-state index is 11.1. The Kier molecular flexibility index (Phi) is 5.60. The number of rotatable bonds is 5. The van der Waals surface area contributed by atoms with Crippen molar-refractivity contribution < 1.29 is 14.6 Å². The first-order chi connectivity index (χ1) is 13.0. The molecule has 9 heteroatoms. The Balaban J connectivity index is 1.93. The van der Waals surface area contributed by atoms with Crippen LogP contribution in [0, 0.1) is 20.2 Å². The van der Waals surface area contributed by atoms with Crippen LogP contribution in [-0.4, -0.2) is 32.8 Å². The van der Waals surface area contributed by atoms with Gasteiger partial charge in [-0.2, -0.15) is 0 Å². The lowest BCUT2D eigenvalue weighted by molar-refractivity contribution is -0.394. The van der Waals surface area contributed by atoms with Gasteiger partial charge in [-0.05, 0) is 31.4 Å². The number of nitrogens with zero attached hydrogens (tertiary/aromatic N) is 3. The smallest absolute Gasteiger partial charge is 0.280 e. The van der Waals surface area contributed by atoms with Crippen LogP contribution >= 0.6 is 12.2 Å². The molecule has 1 saturated heterocycles. The number of non-ortho nitro benzene ring substituents is 2. The predicted octanol–water partition coefficient (Wildman–Crippen LogP) is 4.46. The highest BCUT2D eigenvalue weighted by atomic mass is 32.1. The summed E-state index contributed by atoms with van der Waals surface area (Å²) in [5, 5.41) is 22.1. The summed E-state index contributed by atoms with van der Waals surface area (Å²) in [5.41, 5.74) is -0.130. The van der Waals surface area contributed by atoms with E-state index >= 15 is 0 Å². The average Bonchev–Trinajstić information content (AvgIpc) is 2.68. The molecule has 140 valence electrons. The second-order valence-electron chi connectivity index (χ2n) is 6.15. The fourth-order valence-corrected chi connectivity index (χ4v) is 3.32. The van der Waals surface area contributed by atoms with Gasteiger partial charge in [-0.15, -0.1) is 0 Å². The quantitative estimate of drug-likeness (QED) is 0.424. The SMILES string of the molecule is O=[N+]([O-])c1cc(Oc2ccccc2C(=S)N2CCCCC2)cc([N+](=O)[O-])c1. The van der Waals surface area contributed by atoms with Crippen molar-refractivity contribution in [1.29, 1.82) is 0 Å². The van der Waals surface area contributed by atoms with Crippen molar-refractivity contribution >= 4 is 28.6 Å². The molecule has 0 bridgehead atoms.